The van der Waals surface area contributed by atoms with Crippen LogP contribution < -0.4 is 15.0 Å². The first-order valence-electron chi connectivity index (χ1n) is 10.4. The Hall–Kier alpha value is -2.87. The molecule has 0 spiro atoms. The standard InChI is InChI=1S/C23H26N2O5S/c1-15(13-22(26)24-19-5-3-4-6-21(19)30-2)31(28,29)18-9-10-20-17(14-18)11-12-25(20)23(27)16-7-8-16/h3-6,9-10,14-16H,7-8,11-13H2,1-2H3,(H,24,26)/t15-/m1/s1. The number of para-hydroxylation sites is 2. The molecule has 1 heterocycles. The van der Waals surface area contributed by atoms with Gasteiger partial charge in [0.25, 0.3) is 0 Å². The molecule has 2 aromatic rings. The summed E-state index contributed by atoms with van der Waals surface area (Å²) in [4.78, 5) is 26.9. The second-order valence-electron chi connectivity index (χ2n) is 8.11. The molecule has 31 heavy (non-hydrogen) atoms. The van der Waals surface area contributed by atoms with Gasteiger partial charge in [-0.25, -0.2) is 8.42 Å². The molecular formula is C23H26N2O5S. The number of hydrogen-bond acceptors (Lipinski definition) is 5. The van der Waals surface area contributed by atoms with Gasteiger partial charge in [-0.2, -0.15) is 0 Å². The maximum absolute atomic E-state index is 13.1. The Morgan fingerprint density at radius 2 is 1.94 bits per heavy atom. The summed E-state index contributed by atoms with van der Waals surface area (Å²) in [6, 6.07) is 11.9. The lowest BCUT2D eigenvalue weighted by atomic mass is 10.2. The summed E-state index contributed by atoms with van der Waals surface area (Å²) in [5.41, 5.74) is 2.16. The SMILES string of the molecule is COc1ccccc1NC(=O)C[C@@H](C)S(=O)(=O)c1ccc2c(c1)CCN2C(=O)C1CC1. The summed E-state index contributed by atoms with van der Waals surface area (Å²) in [5, 5.41) is 1.82. The van der Waals surface area contributed by atoms with E-state index in [4.69, 9.17) is 4.74 Å². The van der Waals surface area contributed by atoms with Crippen LogP contribution in [0.1, 0.15) is 31.7 Å². The van der Waals surface area contributed by atoms with E-state index < -0.39 is 21.0 Å². The van der Waals surface area contributed by atoms with Crippen LogP contribution in [0.15, 0.2) is 47.4 Å². The predicted octanol–water partition coefficient (Wildman–Crippen LogP) is 3.19. The molecule has 164 valence electrons. The van der Waals surface area contributed by atoms with E-state index >= 15 is 0 Å². The minimum Gasteiger partial charge on any atom is -0.495 e. The largest absolute Gasteiger partial charge is 0.495 e. The van der Waals surface area contributed by atoms with Crippen LogP contribution in [0.4, 0.5) is 11.4 Å². The van der Waals surface area contributed by atoms with Gasteiger partial charge in [0.2, 0.25) is 11.8 Å². The van der Waals surface area contributed by atoms with Gasteiger partial charge in [0.15, 0.2) is 9.84 Å². The third-order valence-corrected chi connectivity index (χ3v) is 7.99. The maximum Gasteiger partial charge on any atom is 0.230 e. The average Bonchev–Trinajstić information content (AvgIpc) is 3.52. The number of rotatable bonds is 7. The highest BCUT2D eigenvalue weighted by Gasteiger charge is 2.37. The number of carbonyl (C=O) groups excluding carboxylic acids is 2. The van der Waals surface area contributed by atoms with Gasteiger partial charge in [-0.3, -0.25) is 9.59 Å². The highest BCUT2D eigenvalue weighted by Crippen LogP contribution is 2.37. The summed E-state index contributed by atoms with van der Waals surface area (Å²) < 4.78 is 31.4. The van der Waals surface area contributed by atoms with Crippen molar-refractivity contribution in [1.29, 1.82) is 0 Å². The van der Waals surface area contributed by atoms with E-state index in [-0.39, 0.29) is 23.1 Å². The van der Waals surface area contributed by atoms with Gasteiger partial charge in [0, 0.05) is 24.6 Å². The number of anilines is 2. The molecule has 0 unspecified atom stereocenters. The first kappa shape index (κ1) is 21.4. The molecule has 7 nitrogen and oxygen atoms in total. The number of ether oxygens (including phenoxy) is 1. The summed E-state index contributed by atoms with van der Waals surface area (Å²) >= 11 is 0. The second kappa shape index (κ2) is 8.34. The molecular weight excluding hydrogens is 416 g/mol. The summed E-state index contributed by atoms with van der Waals surface area (Å²) in [5.74, 6) is 0.366. The molecule has 1 aliphatic carbocycles. The van der Waals surface area contributed by atoms with Crippen molar-refractivity contribution < 1.29 is 22.7 Å². The Labute approximate surface area is 182 Å². The van der Waals surface area contributed by atoms with Crippen molar-refractivity contribution in [2.45, 2.75) is 42.8 Å². The first-order valence-corrected chi connectivity index (χ1v) is 12.0. The average molecular weight is 443 g/mol. The Balaban J connectivity index is 1.46. The monoisotopic (exact) mass is 442 g/mol. The quantitative estimate of drug-likeness (QED) is 0.711. The van der Waals surface area contributed by atoms with Gasteiger partial charge in [0.1, 0.15) is 5.75 Å². The van der Waals surface area contributed by atoms with Crippen LogP contribution in [0.3, 0.4) is 0 Å². The zero-order valence-corrected chi connectivity index (χ0v) is 18.4. The van der Waals surface area contributed by atoms with Crippen molar-refractivity contribution >= 4 is 33.0 Å². The van der Waals surface area contributed by atoms with E-state index in [1.165, 1.54) is 14.0 Å². The van der Waals surface area contributed by atoms with Crippen molar-refractivity contribution in [1.82, 2.24) is 0 Å². The number of nitrogens with one attached hydrogen (secondary N) is 1. The van der Waals surface area contributed by atoms with Gasteiger partial charge in [-0.05, 0) is 62.1 Å². The summed E-state index contributed by atoms with van der Waals surface area (Å²) in [7, 11) is -2.20. The number of nitrogens with zero attached hydrogens (tertiary/aromatic N) is 1. The zero-order chi connectivity index (χ0) is 22.2. The summed E-state index contributed by atoms with van der Waals surface area (Å²) in [6.07, 6.45) is 2.33. The molecule has 1 fully saturated rings. The summed E-state index contributed by atoms with van der Waals surface area (Å²) in [6.45, 7) is 2.12. The van der Waals surface area contributed by atoms with E-state index in [1.54, 1.807) is 47.4 Å². The smallest absolute Gasteiger partial charge is 0.230 e. The molecule has 1 atom stereocenters. The zero-order valence-electron chi connectivity index (χ0n) is 17.6. The van der Waals surface area contributed by atoms with Crippen LogP contribution in [-0.4, -0.2) is 39.1 Å². The minimum atomic E-state index is -3.70. The maximum atomic E-state index is 13.1. The second-order valence-corrected chi connectivity index (χ2v) is 10.5. The van der Waals surface area contributed by atoms with E-state index in [0.717, 1.165) is 24.1 Å². The molecule has 1 N–H and O–H groups in total. The third kappa shape index (κ3) is 4.30. The molecule has 2 amide bonds. The third-order valence-electron chi connectivity index (χ3n) is 5.85. The van der Waals surface area contributed by atoms with Gasteiger partial charge >= 0.3 is 0 Å². The van der Waals surface area contributed by atoms with Crippen LogP contribution in [-0.2, 0) is 25.8 Å². The van der Waals surface area contributed by atoms with Crippen molar-refractivity contribution in [3.05, 3.63) is 48.0 Å². The lowest BCUT2D eigenvalue weighted by Gasteiger charge is -2.18. The number of hydrogen-bond donors (Lipinski definition) is 1. The molecule has 1 aliphatic heterocycles. The molecule has 2 aliphatic rings. The molecule has 0 aromatic heterocycles. The van der Waals surface area contributed by atoms with E-state index in [2.05, 4.69) is 5.32 Å². The van der Waals surface area contributed by atoms with Crippen LogP contribution in [0.25, 0.3) is 0 Å². The Kier molecular flexibility index (Phi) is 5.75. The van der Waals surface area contributed by atoms with Crippen LogP contribution in [0.2, 0.25) is 0 Å². The molecule has 4 rings (SSSR count). The Morgan fingerprint density at radius 1 is 1.19 bits per heavy atom. The number of amides is 2. The van der Waals surface area contributed by atoms with Crippen molar-refractivity contribution in [2.75, 3.05) is 23.9 Å². The molecule has 2 aromatic carbocycles. The molecule has 8 heteroatoms. The lowest BCUT2D eigenvalue weighted by molar-refractivity contribution is -0.119. The number of methoxy groups -OCH3 is 1. The molecule has 1 saturated carbocycles. The Morgan fingerprint density at radius 3 is 2.65 bits per heavy atom. The van der Waals surface area contributed by atoms with Crippen molar-refractivity contribution in [3.8, 4) is 5.75 Å². The van der Waals surface area contributed by atoms with Gasteiger partial charge in [0.05, 0.1) is 22.9 Å². The molecule has 0 saturated heterocycles. The minimum absolute atomic E-state index is 0.121. The van der Waals surface area contributed by atoms with Crippen molar-refractivity contribution in [3.63, 3.8) is 0 Å². The van der Waals surface area contributed by atoms with Crippen molar-refractivity contribution in [2.24, 2.45) is 5.92 Å². The number of sulfone groups is 1. The van der Waals surface area contributed by atoms with Gasteiger partial charge in [-0.15, -0.1) is 0 Å². The molecule has 0 bridgehead atoms. The topological polar surface area (TPSA) is 92.8 Å². The fourth-order valence-electron chi connectivity index (χ4n) is 3.89. The fourth-order valence-corrected chi connectivity index (χ4v) is 5.29. The number of fused-ring (bicyclic) bond motifs is 1. The van der Waals surface area contributed by atoms with E-state index in [9.17, 15) is 18.0 Å². The highest BCUT2D eigenvalue weighted by molar-refractivity contribution is 7.92. The molecule has 0 radical (unpaired) electrons. The van der Waals surface area contributed by atoms with Crippen LogP contribution in [0.5, 0.6) is 5.75 Å². The number of benzene rings is 2. The number of carbonyl (C=O) groups is 2. The first-order chi connectivity index (χ1) is 14.8. The fraction of sp³-hybridized carbons (Fsp3) is 0.391. The van der Waals surface area contributed by atoms with E-state index in [1.807, 2.05) is 0 Å². The predicted molar refractivity (Wildman–Crippen MR) is 118 cm³/mol. The highest BCUT2D eigenvalue weighted by atomic mass is 32.2. The Bertz CT molecular complexity index is 1120. The van der Waals surface area contributed by atoms with E-state index in [0.29, 0.717) is 24.4 Å². The van der Waals surface area contributed by atoms with Crippen LogP contribution >= 0.6 is 0 Å². The normalized spacial score (nSPS) is 16.5. The van der Waals surface area contributed by atoms with Crippen LogP contribution in [0, 0.1) is 5.92 Å². The van der Waals surface area contributed by atoms with Gasteiger partial charge < -0.3 is 15.0 Å². The van der Waals surface area contributed by atoms with Gasteiger partial charge in [-0.1, -0.05) is 12.1 Å². The lowest BCUT2D eigenvalue weighted by Crippen LogP contribution is -2.30.